The second-order valence-electron chi connectivity index (χ2n) is 3.82. The second kappa shape index (κ2) is 5.18. The summed E-state index contributed by atoms with van der Waals surface area (Å²) in [5.74, 6) is -0.280. The van der Waals surface area contributed by atoms with Crippen molar-refractivity contribution in [3.63, 3.8) is 0 Å². The Kier molecular flexibility index (Phi) is 4.11. The first kappa shape index (κ1) is 13.5. The predicted molar refractivity (Wildman–Crippen MR) is 66.8 cm³/mol. The summed E-state index contributed by atoms with van der Waals surface area (Å²) in [6, 6.07) is 4.50. The van der Waals surface area contributed by atoms with Gasteiger partial charge in [-0.3, -0.25) is 0 Å². The molecule has 0 unspecified atom stereocenters. The minimum atomic E-state index is -3.84. The zero-order chi connectivity index (χ0) is 13.1. The van der Waals surface area contributed by atoms with Crippen LogP contribution in [0.5, 0.6) is 5.75 Å². The van der Waals surface area contributed by atoms with Gasteiger partial charge in [0.05, 0.1) is 0 Å². The first-order valence-electron chi connectivity index (χ1n) is 5.15. The SMILES string of the molecule is CCc1ccc(O)c(S(=O)(=O)/N=C/N(C)C)c1. The Bertz CT molecular complexity index is 522. The smallest absolute Gasteiger partial charge is 0.287 e. The molecule has 0 saturated carbocycles. The summed E-state index contributed by atoms with van der Waals surface area (Å²) in [5.41, 5.74) is 0.835. The number of sulfonamides is 1. The van der Waals surface area contributed by atoms with E-state index in [4.69, 9.17) is 0 Å². The van der Waals surface area contributed by atoms with Crippen LogP contribution in [0.1, 0.15) is 12.5 Å². The van der Waals surface area contributed by atoms with Crippen molar-refractivity contribution in [3.8, 4) is 5.75 Å². The van der Waals surface area contributed by atoms with Crippen LogP contribution in [0.15, 0.2) is 27.5 Å². The summed E-state index contributed by atoms with van der Waals surface area (Å²) in [6.07, 6.45) is 1.88. The summed E-state index contributed by atoms with van der Waals surface area (Å²) in [4.78, 5) is 1.35. The van der Waals surface area contributed by atoms with Gasteiger partial charge in [0, 0.05) is 14.1 Å². The maximum Gasteiger partial charge on any atom is 0.287 e. The van der Waals surface area contributed by atoms with Gasteiger partial charge in [0.25, 0.3) is 10.0 Å². The van der Waals surface area contributed by atoms with Gasteiger partial charge < -0.3 is 10.0 Å². The molecule has 1 rings (SSSR count). The minimum absolute atomic E-state index is 0.157. The zero-order valence-electron chi connectivity index (χ0n) is 10.1. The van der Waals surface area contributed by atoms with Crippen LogP contribution in [-0.2, 0) is 16.4 Å². The lowest BCUT2D eigenvalue weighted by molar-refractivity contribution is 0.458. The highest BCUT2D eigenvalue weighted by Gasteiger charge is 2.17. The molecule has 1 aromatic rings. The normalized spacial score (nSPS) is 11.9. The van der Waals surface area contributed by atoms with Gasteiger partial charge in [-0.2, -0.15) is 8.42 Å². The molecule has 0 fully saturated rings. The lowest BCUT2D eigenvalue weighted by atomic mass is 10.2. The van der Waals surface area contributed by atoms with Crippen molar-refractivity contribution < 1.29 is 13.5 Å². The van der Waals surface area contributed by atoms with Gasteiger partial charge in [-0.05, 0) is 24.1 Å². The molecular weight excluding hydrogens is 240 g/mol. The first-order chi connectivity index (χ1) is 7.86. The van der Waals surface area contributed by atoms with Crippen molar-refractivity contribution in [1.82, 2.24) is 4.90 Å². The largest absolute Gasteiger partial charge is 0.507 e. The van der Waals surface area contributed by atoms with Gasteiger partial charge in [0.15, 0.2) is 0 Å². The number of phenolic OH excluding ortho intramolecular Hbond substituents is 1. The highest BCUT2D eigenvalue weighted by molar-refractivity contribution is 7.90. The Morgan fingerprint density at radius 1 is 1.41 bits per heavy atom. The van der Waals surface area contributed by atoms with E-state index in [1.165, 1.54) is 23.4 Å². The molecule has 0 heterocycles. The molecule has 6 heteroatoms. The van der Waals surface area contributed by atoms with Gasteiger partial charge in [0.1, 0.15) is 17.0 Å². The lowest BCUT2D eigenvalue weighted by Gasteiger charge is -2.06. The second-order valence-corrected chi connectivity index (χ2v) is 5.42. The van der Waals surface area contributed by atoms with Gasteiger partial charge in [0.2, 0.25) is 0 Å². The van der Waals surface area contributed by atoms with Crippen molar-refractivity contribution >= 4 is 16.4 Å². The van der Waals surface area contributed by atoms with Crippen LogP contribution in [0.3, 0.4) is 0 Å². The highest BCUT2D eigenvalue weighted by Crippen LogP contribution is 2.25. The Morgan fingerprint density at radius 3 is 2.59 bits per heavy atom. The summed E-state index contributed by atoms with van der Waals surface area (Å²) in [7, 11) is -0.505. The fourth-order valence-electron chi connectivity index (χ4n) is 1.20. The van der Waals surface area contributed by atoms with E-state index in [1.807, 2.05) is 6.92 Å². The number of phenols is 1. The lowest BCUT2D eigenvalue weighted by Crippen LogP contribution is -2.10. The molecule has 0 aliphatic carbocycles. The monoisotopic (exact) mass is 256 g/mol. The van der Waals surface area contributed by atoms with Crippen LogP contribution >= 0.6 is 0 Å². The van der Waals surface area contributed by atoms with E-state index >= 15 is 0 Å². The number of hydrogen-bond acceptors (Lipinski definition) is 3. The van der Waals surface area contributed by atoms with Gasteiger partial charge in [-0.15, -0.1) is 4.40 Å². The van der Waals surface area contributed by atoms with Crippen LogP contribution in [0.4, 0.5) is 0 Å². The molecule has 17 heavy (non-hydrogen) atoms. The van der Waals surface area contributed by atoms with Crippen molar-refractivity contribution in [1.29, 1.82) is 0 Å². The minimum Gasteiger partial charge on any atom is -0.507 e. The van der Waals surface area contributed by atoms with E-state index in [9.17, 15) is 13.5 Å². The zero-order valence-corrected chi connectivity index (χ0v) is 10.9. The van der Waals surface area contributed by atoms with Gasteiger partial charge in [-0.25, -0.2) is 0 Å². The van der Waals surface area contributed by atoms with E-state index in [2.05, 4.69) is 4.40 Å². The molecule has 0 amide bonds. The highest BCUT2D eigenvalue weighted by atomic mass is 32.2. The molecule has 5 nitrogen and oxygen atoms in total. The fourth-order valence-corrected chi connectivity index (χ4v) is 2.26. The molecule has 1 N–H and O–H groups in total. The Hall–Kier alpha value is -1.56. The maximum atomic E-state index is 11.8. The van der Waals surface area contributed by atoms with Crippen molar-refractivity contribution in [2.24, 2.45) is 4.40 Å². The maximum absolute atomic E-state index is 11.8. The van der Waals surface area contributed by atoms with Crippen LogP contribution in [-0.4, -0.2) is 38.9 Å². The third-order valence-electron chi connectivity index (χ3n) is 2.13. The predicted octanol–water partition coefficient (Wildman–Crippen LogP) is 1.23. The van der Waals surface area contributed by atoms with E-state index in [-0.39, 0.29) is 10.6 Å². The van der Waals surface area contributed by atoms with Gasteiger partial charge in [-0.1, -0.05) is 13.0 Å². The summed E-state index contributed by atoms with van der Waals surface area (Å²) in [6.45, 7) is 1.91. The molecule has 0 aromatic heterocycles. The van der Waals surface area contributed by atoms with Crippen LogP contribution < -0.4 is 0 Å². The molecule has 0 atom stereocenters. The Labute approximate surface area is 101 Å². The number of rotatable bonds is 4. The average molecular weight is 256 g/mol. The van der Waals surface area contributed by atoms with Crippen molar-refractivity contribution in [2.45, 2.75) is 18.2 Å². The first-order valence-corrected chi connectivity index (χ1v) is 6.59. The third kappa shape index (κ3) is 3.45. The number of aromatic hydroxyl groups is 1. The van der Waals surface area contributed by atoms with Crippen molar-refractivity contribution in [2.75, 3.05) is 14.1 Å². The van der Waals surface area contributed by atoms with E-state index < -0.39 is 10.0 Å². The summed E-state index contributed by atoms with van der Waals surface area (Å²) >= 11 is 0. The Morgan fingerprint density at radius 2 is 2.06 bits per heavy atom. The fraction of sp³-hybridized carbons (Fsp3) is 0.364. The molecule has 0 saturated heterocycles. The van der Waals surface area contributed by atoms with E-state index in [0.717, 1.165) is 5.56 Å². The Balaban J connectivity index is 3.23. The van der Waals surface area contributed by atoms with E-state index in [0.29, 0.717) is 6.42 Å². The molecular formula is C11H16N2O3S. The molecule has 1 aromatic carbocycles. The molecule has 94 valence electrons. The molecule has 0 radical (unpaired) electrons. The van der Waals surface area contributed by atoms with Crippen molar-refractivity contribution in [3.05, 3.63) is 23.8 Å². The third-order valence-corrected chi connectivity index (χ3v) is 3.38. The molecule has 0 aliphatic rings. The van der Waals surface area contributed by atoms with Crippen LogP contribution in [0, 0.1) is 0 Å². The van der Waals surface area contributed by atoms with E-state index in [1.54, 1.807) is 20.2 Å². The van der Waals surface area contributed by atoms with Crippen LogP contribution in [0.25, 0.3) is 0 Å². The summed E-state index contributed by atoms with van der Waals surface area (Å²) in [5, 5.41) is 9.56. The molecule has 0 spiro atoms. The standard InChI is InChI=1S/C11H16N2O3S/c1-4-9-5-6-10(14)11(7-9)17(15,16)12-8-13(2)3/h5-8,14H,4H2,1-3H3/b12-8+. The quantitative estimate of drug-likeness (QED) is 0.650. The molecule has 0 aliphatic heterocycles. The number of hydrogen-bond donors (Lipinski definition) is 1. The number of aryl methyl sites for hydroxylation is 1. The molecule has 0 bridgehead atoms. The van der Waals surface area contributed by atoms with Gasteiger partial charge >= 0.3 is 0 Å². The topological polar surface area (TPSA) is 70.0 Å². The number of benzene rings is 1. The van der Waals surface area contributed by atoms with Crippen LogP contribution in [0.2, 0.25) is 0 Å². The summed E-state index contributed by atoms with van der Waals surface area (Å²) < 4.78 is 27.2. The average Bonchev–Trinajstić information content (AvgIpc) is 2.27. The number of nitrogens with zero attached hydrogens (tertiary/aromatic N) is 2.